The smallest absolute Gasteiger partial charge is 0.187 e. The van der Waals surface area contributed by atoms with Gasteiger partial charge in [-0.05, 0) is 43.5 Å². The number of nitrogens with zero attached hydrogens (tertiary/aromatic N) is 1. The van der Waals surface area contributed by atoms with Crippen molar-refractivity contribution >= 4 is 29.2 Å². The lowest BCUT2D eigenvalue weighted by molar-refractivity contribution is 1.34. The molecule has 0 bridgehead atoms. The molecular weight excluding hydrogens is 262 g/mol. The van der Waals surface area contributed by atoms with Crippen LogP contribution in [0.3, 0.4) is 0 Å². The monoisotopic (exact) mass is 279 g/mol. The van der Waals surface area contributed by atoms with Gasteiger partial charge in [-0.15, -0.1) is 11.3 Å². The molecule has 2 rings (SSSR count). The molecule has 0 aliphatic heterocycles. The van der Waals surface area contributed by atoms with Crippen LogP contribution in [0.2, 0.25) is 0 Å². The van der Waals surface area contributed by atoms with Gasteiger partial charge < -0.3 is 0 Å². The molecule has 0 atom stereocenters. The molecule has 1 aromatic heterocycles. The highest BCUT2D eigenvalue weighted by atomic mass is 32.1. The molecule has 1 heterocycles. The number of thiophene rings is 1. The third-order valence-corrected chi connectivity index (χ3v) is 4.67. The number of hydrogen-bond donors (Lipinski definition) is 0. The summed E-state index contributed by atoms with van der Waals surface area (Å²) in [5.41, 5.74) is 4.56. The van der Waals surface area contributed by atoms with E-state index in [2.05, 4.69) is 37.8 Å². The number of aryl methyl sites for hydroxylation is 1. The third-order valence-electron chi connectivity index (χ3n) is 3.39. The Bertz CT molecular complexity index is 694. The molecule has 0 unspecified atom stereocenters. The van der Waals surface area contributed by atoms with Gasteiger partial charge in [-0.2, -0.15) is 0 Å². The van der Waals surface area contributed by atoms with E-state index < -0.39 is 0 Å². The highest BCUT2D eigenvalue weighted by Gasteiger charge is 2.04. The Morgan fingerprint density at radius 2 is 1.60 bits per heavy atom. The fourth-order valence-corrected chi connectivity index (χ4v) is 2.98. The normalized spacial score (nSPS) is 11.3. The summed E-state index contributed by atoms with van der Waals surface area (Å²) in [5, 5.41) is 0. The molecule has 0 aliphatic carbocycles. The summed E-state index contributed by atoms with van der Waals surface area (Å²) in [6.07, 6.45) is 8.31. The molecule has 2 heteroatoms. The Labute approximate surface area is 124 Å². The summed E-state index contributed by atoms with van der Waals surface area (Å²) >= 11 is 1.84. The zero-order valence-electron chi connectivity index (χ0n) is 12.0. The molecule has 1 aromatic carbocycles. The van der Waals surface area contributed by atoms with E-state index in [0.717, 1.165) is 5.56 Å². The molecule has 0 amide bonds. The minimum Gasteiger partial charge on any atom is -0.238 e. The Morgan fingerprint density at radius 3 is 2.15 bits per heavy atom. The van der Waals surface area contributed by atoms with E-state index in [9.17, 15) is 0 Å². The quantitative estimate of drug-likeness (QED) is 0.483. The van der Waals surface area contributed by atoms with E-state index in [1.54, 1.807) is 0 Å². The Balaban J connectivity index is 2.07. The molecule has 0 aliphatic rings. The van der Waals surface area contributed by atoms with Crippen LogP contribution in [0, 0.1) is 27.3 Å². The average molecular weight is 279 g/mol. The number of hydrogen-bond acceptors (Lipinski definition) is 1. The molecule has 2 aromatic rings. The molecule has 100 valence electrons. The zero-order valence-corrected chi connectivity index (χ0v) is 12.8. The van der Waals surface area contributed by atoms with E-state index in [-0.39, 0.29) is 0 Å². The second kappa shape index (κ2) is 6.36. The summed E-state index contributed by atoms with van der Waals surface area (Å²) in [4.78, 5) is 6.10. The summed E-state index contributed by atoms with van der Waals surface area (Å²) in [6, 6.07) is 7.60. The average Bonchev–Trinajstić information content (AvgIpc) is 2.71. The lowest BCUT2D eigenvalue weighted by Gasteiger charge is -1.92. The van der Waals surface area contributed by atoms with Crippen molar-refractivity contribution in [1.82, 2.24) is 0 Å². The topological polar surface area (TPSA) is 4.36 Å². The maximum Gasteiger partial charge on any atom is 0.187 e. The molecular formula is C18H17NS. The van der Waals surface area contributed by atoms with Gasteiger partial charge >= 0.3 is 0 Å². The largest absolute Gasteiger partial charge is 0.238 e. The van der Waals surface area contributed by atoms with Crippen LogP contribution in [-0.4, -0.2) is 0 Å². The van der Waals surface area contributed by atoms with Crippen LogP contribution in [0.5, 0.6) is 0 Å². The fourth-order valence-electron chi connectivity index (χ4n) is 1.90. The van der Waals surface area contributed by atoms with Crippen LogP contribution in [0.4, 0.5) is 5.69 Å². The van der Waals surface area contributed by atoms with Gasteiger partial charge in [0.2, 0.25) is 0 Å². The van der Waals surface area contributed by atoms with Crippen molar-refractivity contribution in [3.63, 3.8) is 0 Å². The molecule has 0 saturated carbocycles. The maximum atomic E-state index is 6.91. The highest BCUT2D eigenvalue weighted by Crippen LogP contribution is 2.27. The van der Waals surface area contributed by atoms with Gasteiger partial charge in [0.1, 0.15) is 0 Å². The van der Waals surface area contributed by atoms with E-state index in [1.807, 2.05) is 47.8 Å². The Kier molecular flexibility index (Phi) is 4.55. The Hall–Kier alpha value is -2.11. The Morgan fingerprint density at radius 1 is 0.950 bits per heavy atom. The fraction of sp³-hybridized carbons (Fsp3) is 0.167. The number of benzene rings is 1. The molecule has 0 saturated heterocycles. The summed E-state index contributed by atoms with van der Waals surface area (Å²) in [5.74, 6) is 0. The lowest BCUT2D eigenvalue weighted by Crippen LogP contribution is -1.74. The van der Waals surface area contributed by atoms with E-state index in [4.69, 9.17) is 6.57 Å². The molecule has 0 spiro atoms. The molecule has 1 nitrogen and oxygen atoms in total. The van der Waals surface area contributed by atoms with Crippen molar-refractivity contribution in [1.29, 1.82) is 0 Å². The zero-order chi connectivity index (χ0) is 14.5. The van der Waals surface area contributed by atoms with Crippen molar-refractivity contribution in [3.8, 4) is 0 Å². The first-order valence-corrected chi connectivity index (χ1v) is 7.32. The van der Waals surface area contributed by atoms with Crippen LogP contribution in [0.1, 0.15) is 26.4 Å². The van der Waals surface area contributed by atoms with Crippen LogP contribution in [0.15, 0.2) is 36.4 Å². The predicted octanol–water partition coefficient (Wildman–Crippen LogP) is 5.95. The summed E-state index contributed by atoms with van der Waals surface area (Å²) in [7, 11) is 0. The molecule has 0 fully saturated rings. The first-order valence-electron chi connectivity index (χ1n) is 6.50. The van der Waals surface area contributed by atoms with Gasteiger partial charge in [-0.3, -0.25) is 0 Å². The highest BCUT2D eigenvalue weighted by molar-refractivity contribution is 7.13. The second-order valence-corrected chi connectivity index (χ2v) is 5.95. The van der Waals surface area contributed by atoms with Crippen molar-refractivity contribution in [2.75, 3.05) is 0 Å². The van der Waals surface area contributed by atoms with Gasteiger partial charge in [-0.1, -0.05) is 42.5 Å². The van der Waals surface area contributed by atoms with Gasteiger partial charge in [-0.25, -0.2) is 4.85 Å². The van der Waals surface area contributed by atoms with Gasteiger partial charge in [0.15, 0.2) is 5.69 Å². The van der Waals surface area contributed by atoms with Crippen LogP contribution in [0.25, 0.3) is 17.0 Å². The predicted molar refractivity (Wildman–Crippen MR) is 89.3 cm³/mol. The summed E-state index contributed by atoms with van der Waals surface area (Å²) < 4.78 is 0. The number of rotatable bonds is 3. The second-order valence-electron chi connectivity index (χ2n) is 4.69. The lowest BCUT2D eigenvalue weighted by atomic mass is 10.1. The van der Waals surface area contributed by atoms with Crippen molar-refractivity contribution in [2.24, 2.45) is 0 Å². The molecule has 20 heavy (non-hydrogen) atoms. The van der Waals surface area contributed by atoms with Gasteiger partial charge in [0.05, 0.1) is 6.57 Å². The van der Waals surface area contributed by atoms with E-state index >= 15 is 0 Å². The van der Waals surface area contributed by atoms with Gasteiger partial charge in [0.25, 0.3) is 0 Å². The van der Waals surface area contributed by atoms with Crippen LogP contribution >= 0.6 is 11.3 Å². The van der Waals surface area contributed by atoms with E-state index in [1.165, 1.54) is 20.9 Å². The van der Waals surface area contributed by atoms with Crippen molar-refractivity contribution < 1.29 is 0 Å². The standard InChI is InChI=1S/C18H17NS/c1-13-14(2)18(20-15(13)3)8-6-5-7-16-9-11-17(19-4)12-10-16/h5-12H,1-3H3/b7-5+,8-6+. The first-order chi connectivity index (χ1) is 9.61. The maximum absolute atomic E-state index is 6.91. The van der Waals surface area contributed by atoms with Gasteiger partial charge in [0, 0.05) is 9.75 Å². The minimum absolute atomic E-state index is 0.679. The minimum atomic E-state index is 0.679. The number of allylic oxidation sites excluding steroid dienone is 2. The summed E-state index contributed by atoms with van der Waals surface area (Å²) in [6.45, 7) is 13.4. The molecule has 0 N–H and O–H groups in total. The first kappa shape index (κ1) is 14.3. The SMILES string of the molecule is [C-]#[N+]c1ccc(/C=C/C=C/c2sc(C)c(C)c2C)cc1. The van der Waals surface area contributed by atoms with Crippen molar-refractivity contribution in [3.05, 3.63) is 74.3 Å². The third kappa shape index (κ3) is 3.26. The van der Waals surface area contributed by atoms with E-state index in [0.29, 0.717) is 5.69 Å². The molecule has 0 radical (unpaired) electrons. The van der Waals surface area contributed by atoms with Crippen molar-refractivity contribution in [2.45, 2.75) is 20.8 Å². The van der Waals surface area contributed by atoms with Crippen LogP contribution in [-0.2, 0) is 0 Å². The van der Waals surface area contributed by atoms with Crippen LogP contribution < -0.4 is 0 Å².